The molecule has 0 saturated heterocycles. The quantitative estimate of drug-likeness (QED) is 0.705. The Morgan fingerprint density at radius 3 is 2.70 bits per heavy atom. The average molecular weight is 377 g/mol. The molecule has 1 unspecified atom stereocenters. The molecule has 4 rings (SSSR count). The minimum Gasteiger partial charge on any atom is -0.489 e. The fourth-order valence-electron chi connectivity index (χ4n) is 3.01. The molecule has 0 radical (unpaired) electrons. The average Bonchev–Trinajstić information content (AvgIpc) is 2.95. The van der Waals surface area contributed by atoms with E-state index in [1.54, 1.807) is 6.07 Å². The highest BCUT2D eigenvalue weighted by atomic mass is 19.4. The Balaban J connectivity index is 1.85. The lowest BCUT2D eigenvalue weighted by atomic mass is 10.1. The number of nitrogen functional groups attached to an aromatic ring is 2. The van der Waals surface area contributed by atoms with Crippen molar-refractivity contribution in [2.45, 2.75) is 25.6 Å². The van der Waals surface area contributed by atoms with Crippen LogP contribution in [-0.2, 0) is 12.6 Å². The van der Waals surface area contributed by atoms with Crippen molar-refractivity contribution < 1.29 is 22.6 Å². The van der Waals surface area contributed by atoms with Crippen LogP contribution in [0.5, 0.6) is 17.4 Å². The number of ether oxygens (including phenoxy) is 2. The number of benzene rings is 1. The topological polar surface area (TPSA) is 109 Å². The third-order valence-electron chi connectivity index (χ3n) is 4.09. The molecule has 0 aliphatic carbocycles. The Hall–Kier alpha value is -3.30. The van der Waals surface area contributed by atoms with Crippen LogP contribution in [0.1, 0.15) is 18.2 Å². The maximum atomic E-state index is 12.9. The number of hydrogen-bond acceptors (Lipinski definition) is 7. The molecule has 2 aromatic heterocycles. The first kappa shape index (κ1) is 17.1. The molecule has 3 heterocycles. The third kappa shape index (κ3) is 3.03. The van der Waals surface area contributed by atoms with Crippen molar-refractivity contribution in [3.05, 3.63) is 35.5 Å². The van der Waals surface area contributed by atoms with Gasteiger partial charge in [-0.25, -0.2) is 9.97 Å². The van der Waals surface area contributed by atoms with E-state index in [2.05, 4.69) is 15.0 Å². The number of fused-ring (bicyclic) bond motifs is 3. The number of alkyl halides is 3. The van der Waals surface area contributed by atoms with E-state index < -0.39 is 11.9 Å². The minimum absolute atomic E-state index is 0.0332. The van der Waals surface area contributed by atoms with Crippen molar-refractivity contribution in [2.24, 2.45) is 0 Å². The highest BCUT2D eigenvalue weighted by Crippen LogP contribution is 2.45. The summed E-state index contributed by atoms with van der Waals surface area (Å²) >= 11 is 0. The summed E-state index contributed by atoms with van der Waals surface area (Å²) < 4.78 is 50.2. The third-order valence-corrected chi connectivity index (χ3v) is 4.09. The molecule has 0 fully saturated rings. The summed E-state index contributed by atoms with van der Waals surface area (Å²) in [5.41, 5.74) is 11.6. The lowest BCUT2D eigenvalue weighted by Gasteiger charge is -2.13. The molecule has 0 spiro atoms. The van der Waals surface area contributed by atoms with Gasteiger partial charge in [0, 0.05) is 24.1 Å². The van der Waals surface area contributed by atoms with E-state index in [-0.39, 0.29) is 29.5 Å². The smallest absolute Gasteiger partial charge is 0.433 e. The van der Waals surface area contributed by atoms with Crippen molar-refractivity contribution in [3.8, 4) is 17.4 Å². The van der Waals surface area contributed by atoms with E-state index >= 15 is 0 Å². The second kappa shape index (κ2) is 5.86. The number of pyridine rings is 1. The van der Waals surface area contributed by atoms with Crippen LogP contribution in [0.15, 0.2) is 24.3 Å². The van der Waals surface area contributed by atoms with Crippen molar-refractivity contribution in [3.63, 3.8) is 0 Å². The molecule has 0 saturated carbocycles. The molecule has 140 valence electrons. The number of nitrogens with zero attached hydrogens (tertiary/aromatic N) is 3. The molecule has 3 aromatic rings. The molecular formula is C17H14F3N5O2. The SMILES string of the molecule is CC1Cc2c(Oc3cccc(C(F)(F)F)n3)cc3nc(N)nc(N)c3c2O1. The van der Waals surface area contributed by atoms with Crippen LogP contribution in [0, 0.1) is 0 Å². The lowest BCUT2D eigenvalue weighted by molar-refractivity contribution is -0.141. The molecule has 7 nitrogen and oxygen atoms in total. The molecular weight excluding hydrogens is 363 g/mol. The Morgan fingerprint density at radius 2 is 1.96 bits per heavy atom. The zero-order chi connectivity index (χ0) is 19.3. The van der Waals surface area contributed by atoms with Gasteiger partial charge in [-0.2, -0.15) is 18.2 Å². The number of nitrogens with two attached hydrogens (primary N) is 2. The molecule has 0 bridgehead atoms. The molecule has 1 aliphatic rings. The second-order valence-corrected chi connectivity index (χ2v) is 6.14. The van der Waals surface area contributed by atoms with Crippen LogP contribution >= 0.6 is 0 Å². The zero-order valence-corrected chi connectivity index (χ0v) is 14.0. The number of rotatable bonds is 2. The van der Waals surface area contributed by atoms with Gasteiger partial charge >= 0.3 is 6.18 Å². The molecule has 10 heteroatoms. The fourth-order valence-corrected chi connectivity index (χ4v) is 3.01. The van der Waals surface area contributed by atoms with Gasteiger partial charge in [0.25, 0.3) is 0 Å². The monoisotopic (exact) mass is 377 g/mol. The Labute approximate surface area is 151 Å². The summed E-state index contributed by atoms with van der Waals surface area (Å²) in [6, 6.07) is 4.99. The van der Waals surface area contributed by atoms with Crippen LogP contribution in [0.2, 0.25) is 0 Å². The molecule has 1 aromatic carbocycles. The standard InChI is InChI=1S/C17H14F3N5O2/c1-7-5-8-10(27-12-4-2-3-11(24-12)17(18,19)20)6-9-13(14(8)26-7)15(21)25-16(22)23-9/h2-4,6-7H,5H2,1H3,(H4,21,22,23,25). The minimum atomic E-state index is -4.57. The maximum absolute atomic E-state index is 12.9. The van der Waals surface area contributed by atoms with Crippen LogP contribution < -0.4 is 20.9 Å². The van der Waals surface area contributed by atoms with Gasteiger partial charge in [0.15, 0.2) is 0 Å². The summed E-state index contributed by atoms with van der Waals surface area (Å²) in [5.74, 6) is 0.660. The normalized spacial score (nSPS) is 16.2. The molecule has 4 N–H and O–H groups in total. The van der Waals surface area contributed by atoms with Crippen LogP contribution in [0.4, 0.5) is 24.9 Å². The number of aromatic nitrogens is 3. The van der Waals surface area contributed by atoms with Crippen LogP contribution in [-0.4, -0.2) is 21.1 Å². The first-order valence-corrected chi connectivity index (χ1v) is 7.99. The summed E-state index contributed by atoms with van der Waals surface area (Å²) in [6.07, 6.45) is -4.25. The zero-order valence-electron chi connectivity index (χ0n) is 14.0. The first-order chi connectivity index (χ1) is 12.7. The van der Waals surface area contributed by atoms with Gasteiger partial charge in [-0.15, -0.1) is 0 Å². The summed E-state index contributed by atoms with van der Waals surface area (Å²) in [6.45, 7) is 1.85. The fraction of sp³-hybridized carbons (Fsp3) is 0.235. The van der Waals surface area contributed by atoms with E-state index in [1.165, 1.54) is 12.1 Å². The number of halogens is 3. The molecule has 0 amide bonds. The molecule has 27 heavy (non-hydrogen) atoms. The second-order valence-electron chi connectivity index (χ2n) is 6.14. The van der Waals surface area contributed by atoms with Crippen LogP contribution in [0.3, 0.4) is 0 Å². The van der Waals surface area contributed by atoms with Gasteiger partial charge in [-0.1, -0.05) is 6.07 Å². The summed E-state index contributed by atoms with van der Waals surface area (Å²) in [4.78, 5) is 11.6. The van der Waals surface area contributed by atoms with E-state index in [1.807, 2.05) is 6.92 Å². The van der Waals surface area contributed by atoms with Gasteiger partial charge in [-0.3, -0.25) is 0 Å². The van der Waals surface area contributed by atoms with Gasteiger partial charge < -0.3 is 20.9 Å². The van der Waals surface area contributed by atoms with Gasteiger partial charge in [0.2, 0.25) is 11.8 Å². The van der Waals surface area contributed by atoms with E-state index in [0.29, 0.717) is 28.6 Å². The van der Waals surface area contributed by atoms with E-state index in [0.717, 1.165) is 6.07 Å². The highest BCUT2D eigenvalue weighted by Gasteiger charge is 2.33. The Bertz CT molecular complexity index is 1050. The van der Waals surface area contributed by atoms with Crippen molar-refractivity contribution in [1.29, 1.82) is 0 Å². The Kier molecular flexibility index (Phi) is 3.72. The molecule has 1 aliphatic heterocycles. The highest BCUT2D eigenvalue weighted by molar-refractivity contribution is 5.97. The summed E-state index contributed by atoms with van der Waals surface area (Å²) in [5, 5.41) is 0.493. The molecule has 1 atom stereocenters. The Morgan fingerprint density at radius 1 is 1.19 bits per heavy atom. The maximum Gasteiger partial charge on any atom is 0.433 e. The largest absolute Gasteiger partial charge is 0.489 e. The first-order valence-electron chi connectivity index (χ1n) is 7.99. The van der Waals surface area contributed by atoms with Crippen molar-refractivity contribution in [1.82, 2.24) is 15.0 Å². The number of anilines is 2. The van der Waals surface area contributed by atoms with Crippen LogP contribution in [0.25, 0.3) is 10.9 Å². The van der Waals surface area contributed by atoms with Crippen molar-refractivity contribution >= 4 is 22.7 Å². The summed E-state index contributed by atoms with van der Waals surface area (Å²) in [7, 11) is 0. The lowest BCUT2D eigenvalue weighted by Crippen LogP contribution is -2.08. The van der Waals surface area contributed by atoms with E-state index in [4.69, 9.17) is 20.9 Å². The predicted molar refractivity (Wildman–Crippen MR) is 91.5 cm³/mol. The van der Waals surface area contributed by atoms with E-state index in [9.17, 15) is 13.2 Å². The number of hydrogen-bond donors (Lipinski definition) is 2. The van der Waals surface area contributed by atoms with Gasteiger partial charge in [-0.05, 0) is 13.0 Å². The van der Waals surface area contributed by atoms with Crippen molar-refractivity contribution in [2.75, 3.05) is 11.5 Å². The van der Waals surface area contributed by atoms with Gasteiger partial charge in [0.1, 0.15) is 29.1 Å². The van der Waals surface area contributed by atoms with Gasteiger partial charge in [0.05, 0.1) is 10.9 Å². The predicted octanol–water partition coefficient (Wildman–Crippen LogP) is 3.32.